The zero-order valence-electron chi connectivity index (χ0n) is 18.4. The quantitative estimate of drug-likeness (QED) is 0.333. The summed E-state index contributed by atoms with van der Waals surface area (Å²) in [7, 11) is 1.69. The van der Waals surface area contributed by atoms with E-state index in [0.717, 1.165) is 31.8 Å². The van der Waals surface area contributed by atoms with Gasteiger partial charge in [0.1, 0.15) is 5.84 Å². The average Bonchev–Trinajstić information content (AvgIpc) is 3.27. The van der Waals surface area contributed by atoms with Gasteiger partial charge in [-0.2, -0.15) is 0 Å². The summed E-state index contributed by atoms with van der Waals surface area (Å²) in [6.45, 7) is 7.26. The van der Waals surface area contributed by atoms with E-state index in [2.05, 4.69) is 57.4 Å². The molecule has 1 saturated carbocycles. The van der Waals surface area contributed by atoms with Gasteiger partial charge in [-0.1, -0.05) is 48.2 Å². The van der Waals surface area contributed by atoms with E-state index in [1.165, 1.54) is 37.7 Å². The van der Waals surface area contributed by atoms with Gasteiger partial charge in [0.2, 0.25) is 5.84 Å². The molecular formula is C22H38N6O. The van der Waals surface area contributed by atoms with Gasteiger partial charge in [0.15, 0.2) is 12.6 Å². The summed E-state index contributed by atoms with van der Waals surface area (Å²) in [6.07, 6.45) is 15.4. The Kier molecular flexibility index (Phi) is 10.5. The maximum atomic E-state index is 6.32. The molecule has 1 aliphatic carbocycles. The van der Waals surface area contributed by atoms with Crippen LogP contribution in [0.25, 0.3) is 0 Å². The topological polar surface area (TPSA) is 87.6 Å². The summed E-state index contributed by atoms with van der Waals surface area (Å²) in [6, 6.07) is 0. The van der Waals surface area contributed by atoms with Gasteiger partial charge < -0.3 is 15.9 Å². The summed E-state index contributed by atoms with van der Waals surface area (Å²) in [5.74, 6) is 2.35. The molecule has 0 unspecified atom stereocenters. The number of rotatable bonds is 10. The fraction of sp³-hybridized carbons (Fsp3) is 0.682. The standard InChI is InChI=1S/C22H38N6O/c1-4-6-10-18(5-2)13-14-28(15-19-11-8-7-9-12-19)16-20(23)26-21(24-3)22-25-17-29-27-22/h4-6,19H,7-17H2,1-3H3,(H,25,27)(H2,23,24,26)/b6-4?,18-5+. The number of nitrogens with zero attached hydrogens (tertiary/aromatic N) is 4. The maximum Gasteiger partial charge on any atom is 0.213 e. The highest BCUT2D eigenvalue weighted by molar-refractivity contribution is 6.42. The third-order valence-corrected chi connectivity index (χ3v) is 5.53. The van der Waals surface area contributed by atoms with Gasteiger partial charge in [-0.05, 0) is 45.4 Å². The van der Waals surface area contributed by atoms with Crippen LogP contribution in [0.15, 0.2) is 38.9 Å². The monoisotopic (exact) mass is 402 g/mol. The van der Waals surface area contributed by atoms with Crippen LogP contribution in [-0.2, 0) is 4.84 Å². The number of oxime groups is 1. The minimum absolute atomic E-state index is 0.343. The van der Waals surface area contributed by atoms with Crippen molar-refractivity contribution in [3.05, 3.63) is 23.8 Å². The number of amidine groups is 3. The Morgan fingerprint density at radius 1 is 1.31 bits per heavy atom. The molecular weight excluding hydrogens is 364 g/mol. The largest absolute Gasteiger partial charge is 0.386 e. The van der Waals surface area contributed by atoms with Crippen molar-refractivity contribution in [2.75, 3.05) is 33.4 Å². The Morgan fingerprint density at radius 3 is 2.72 bits per heavy atom. The Bertz CT molecular complexity index is 644. The third-order valence-electron chi connectivity index (χ3n) is 5.53. The van der Waals surface area contributed by atoms with Crippen LogP contribution in [0.3, 0.4) is 0 Å². The van der Waals surface area contributed by atoms with Crippen LogP contribution in [-0.4, -0.2) is 55.8 Å². The van der Waals surface area contributed by atoms with Crippen LogP contribution in [0, 0.1) is 5.92 Å². The first-order valence-electron chi connectivity index (χ1n) is 10.9. The Hall–Kier alpha value is -2.15. The number of nitrogens with two attached hydrogens (primary N) is 1. The minimum Gasteiger partial charge on any atom is -0.386 e. The molecule has 0 spiro atoms. The predicted octanol–water partition coefficient (Wildman–Crippen LogP) is 3.45. The van der Waals surface area contributed by atoms with E-state index >= 15 is 0 Å². The van der Waals surface area contributed by atoms with Crippen LogP contribution >= 0.6 is 0 Å². The molecule has 0 aromatic rings. The van der Waals surface area contributed by atoms with Gasteiger partial charge in [-0.15, -0.1) is 0 Å². The molecule has 0 aromatic carbocycles. The zero-order chi connectivity index (χ0) is 20.9. The molecule has 7 nitrogen and oxygen atoms in total. The lowest BCUT2D eigenvalue weighted by atomic mass is 9.89. The first-order valence-corrected chi connectivity index (χ1v) is 10.9. The van der Waals surface area contributed by atoms with Crippen molar-refractivity contribution in [1.82, 2.24) is 10.2 Å². The molecule has 7 heteroatoms. The van der Waals surface area contributed by atoms with Crippen molar-refractivity contribution in [1.29, 1.82) is 0 Å². The second kappa shape index (κ2) is 13.1. The van der Waals surface area contributed by atoms with Crippen molar-refractivity contribution in [2.45, 2.75) is 58.8 Å². The number of aliphatic imine (C=N–C) groups is 2. The SMILES string of the molecule is CC=CC/C(=C\C)CCN(C/C(N)=N\C(=N/C)C1=NOCN1)CC1CCCCC1. The highest BCUT2D eigenvalue weighted by Gasteiger charge is 2.19. The third kappa shape index (κ3) is 8.40. The average molecular weight is 403 g/mol. The molecule has 1 aliphatic heterocycles. The van der Waals surface area contributed by atoms with Gasteiger partial charge in [-0.25, -0.2) is 4.99 Å². The summed E-state index contributed by atoms with van der Waals surface area (Å²) < 4.78 is 0. The Balaban J connectivity index is 2.01. The first kappa shape index (κ1) is 23.1. The zero-order valence-corrected chi connectivity index (χ0v) is 18.4. The van der Waals surface area contributed by atoms with Crippen molar-refractivity contribution in [2.24, 2.45) is 26.8 Å². The molecule has 0 saturated heterocycles. The molecule has 0 aromatic heterocycles. The Morgan fingerprint density at radius 2 is 2.10 bits per heavy atom. The van der Waals surface area contributed by atoms with E-state index in [9.17, 15) is 0 Å². The molecule has 3 N–H and O–H groups in total. The fourth-order valence-corrected chi connectivity index (χ4v) is 3.86. The van der Waals surface area contributed by atoms with E-state index in [1.54, 1.807) is 7.05 Å². The molecule has 0 radical (unpaired) electrons. The smallest absolute Gasteiger partial charge is 0.213 e. The molecule has 0 bridgehead atoms. The predicted molar refractivity (Wildman–Crippen MR) is 122 cm³/mol. The van der Waals surface area contributed by atoms with Crippen LogP contribution in [0.1, 0.15) is 58.8 Å². The second-order valence-corrected chi connectivity index (χ2v) is 7.75. The molecule has 29 heavy (non-hydrogen) atoms. The fourth-order valence-electron chi connectivity index (χ4n) is 3.86. The molecule has 162 valence electrons. The normalized spacial score (nSPS) is 19.6. The van der Waals surface area contributed by atoms with Crippen LogP contribution in [0.2, 0.25) is 0 Å². The van der Waals surface area contributed by atoms with E-state index in [0.29, 0.717) is 30.8 Å². The lowest BCUT2D eigenvalue weighted by Crippen LogP contribution is -2.39. The summed E-state index contributed by atoms with van der Waals surface area (Å²) in [4.78, 5) is 16.1. The molecule has 1 fully saturated rings. The maximum absolute atomic E-state index is 6.32. The van der Waals surface area contributed by atoms with E-state index in [1.807, 2.05) is 0 Å². The number of nitrogens with one attached hydrogen (secondary N) is 1. The van der Waals surface area contributed by atoms with Gasteiger partial charge in [0, 0.05) is 20.1 Å². The van der Waals surface area contributed by atoms with Crippen molar-refractivity contribution >= 4 is 17.5 Å². The summed E-state index contributed by atoms with van der Waals surface area (Å²) in [5, 5.41) is 6.92. The van der Waals surface area contributed by atoms with Gasteiger partial charge in [0.05, 0.1) is 6.54 Å². The second-order valence-electron chi connectivity index (χ2n) is 7.75. The summed E-state index contributed by atoms with van der Waals surface area (Å²) >= 11 is 0. The van der Waals surface area contributed by atoms with Crippen molar-refractivity contribution < 1.29 is 4.84 Å². The highest BCUT2D eigenvalue weighted by atomic mass is 16.6. The van der Waals surface area contributed by atoms with E-state index in [4.69, 9.17) is 10.6 Å². The Labute approximate surface area is 175 Å². The molecule has 1 heterocycles. The first-order chi connectivity index (χ1) is 14.2. The lowest BCUT2D eigenvalue weighted by Gasteiger charge is -2.30. The van der Waals surface area contributed by atoms with E-state index in [-0.39, 0.29) is 0 Å². The van der Waals surface area contributed by atoms with Crippen molar-refractivity contribution in [3.63, 3.8) is 0 Å². The molecule has 0 amide bonds. The minimum atomic E-state index is 0.343. The lowest BCUT2D eigenvalue weighted by molar-refractivity contribution is 0.164. The van der Waals surface area contributed by atoms with Crippen LogP contribution in [0.5, 0.6) is 0 Å². The van der Waals surface area contributed by atoms with Gasteiger partial charge >= 0.3 is 0 Å². The van der Waals surface area contributed by atoms with Crippen LogP contribution < -0.4 is 11.1 Å². The van der Waals surface area contributed by atoms with E-state index < -0.39 is 0 Å². The van der Waals surface area contributed by atoms with Crippen molar-refractivity contribution in [3.8, 4) is 0 Å². The molecule has 2 aliphatic rings. The summed E-state index contributed by atoms with van der Waals surface area (Å²) in [5.41, 5.74) is 7.78. The van der Waals surface area contributed by atoms with Gasteiger partial charge in [-0.3, -0.25) is 9.89 Å². The van der Waals surface area contributed by atoms with Crippen LogP contribution in [0.4, 0.5) is 0 Å². The highest BCUT2D eigenvalue weighted by Crippen LogP contribution is 2.24. The number of hydrogen-bond acceptors (Lipinski definition) is 5. The number of hydrogen-bond donors (Lipinski definition) is 2. The molecule has 2 rings (SSSR count). The molecule has 0 atom stereocenters. The number of allylic oxidation sites excluding steroid dienone is 3. The van der Waals surface area contributed by atoms with Gasteiger partial charge in [0.25, 0.3) is 0 Å².